The second kappa shape index (κ2) is 4.38. The minimum absolute atomic E-state index is 1.00. The second-order valence-corrected chi connectivity index (χ2v) is 3.59. The van der Waals surface area contributed by atoms with Crippen molar-refractivity contribution < 1.29 is 27.5 Å². The Kier molecular flexibility index (Phi) is 3.54. The zero-order chi connectivity index (χ0) is 12.6. The van der Waals surface area contributed by atoms with Crippen LogP contribution in [0.15, 0.2) is 4.47 Å². The first-order chi connectivity index (χ1) is 7.29. The van der Waals surface area contributed by atoms with E-state index in [0.717, 1.165) is 0 Å². The molecule has 0 unspecified atom stereocenters. The molecule has 0 heterocycles. The van der Waals surface area contributed by atoms with E-state index in [1.165, 1.54) is 0 Å². The quantitative estimate of drug-likeness (QED) is 0.499. The van der Waals surface area contributed by atoms with Crippen molar-refractivity contribution >= 4 is 21.9 Å². The first-order valence-electron chi connectivity index (χ1n) is 3.78. The van der Waals surface area contributed by atoms with Gasteiger partial charge in [-0.1, -0.05) is 0 Å². The number of nitrogens with two attached hydrogens (primary N) is 1. The Bertz CT molecular complexity index is 437. The summed E-state index contributed by atoms with van der Waals surface area (Å²) in [5.74, 6) is -9.06. The van der Waals surface area contributed by atoms with Crippen LogP contribution in [0.1, 0.15) is 11.6 Å². The highest BCUT2D eigenvalue weighted by Gasteiger charge is 2.30. The third-order valence-electron chi connectivity index (χ3n) is 1.82. The fourth-order valence-electron chi connectivity index (χ4n) is 1.02. The fourth-order valence-corrected chi connectivity index (χ4v) is 1.41. The molecule has 0 aliphatic heterocycles. The van der Waals surface area contributed by atoms with E-state index in [4.69, 9.17) is 10.8 Å². The van der Waals surface area contributed by atoms with Gasteiger partial charge in [0.15, 0.2) is 17.5 Å². The minimum atomic E-state index is -2.12. The summed E-state index contributed by atoms with van der Waals surface area (Å²) in [7, 11) is 0. The second-order valence-electron chi connectivity index (χ2n) is 2.80. The molecular weight excluding hydrogens is 298 g/mol. The van der Waals surface area contributed by atoms with Crippen molar-refractivity contribution in [1.82, 2.24) is 0 Å². The van der Waals surface area contributed by atoms with Crippen LogP contribution in [0.4, 0.5) is 17.6 Å². The molecule has 16 heavy (non-hydrogen) atoms. The van der Waals surface area contributed by atoms with Gasteiger partial charge in [-0.2, -0.15) is 0 Å². The van der Waals surface area contributed by atoms with E-state index in [0.29, 0.717) is 0 Å². The van der Waals surface area contributed by atoms with E-state index in [9.17, 15) is 22.4 Å². The molecule has 8 heteroatoms. The molecule has 0 radical (unpaired) electrons. The molecule has 88 valence electrons. The Morgan fingerprint density at radius 3 is 2.06 bits per heavy atom. The summed E-state index contributed by atoms with van der Waals surface area (Å²) in [6, 6.07) is -2.12. The lowest BCUT2D eigenvalue weighted by Crippen LogP contribution is -2.24. The molecule has 0 aliphatic rings. The third-order valence-corrected chi connectivity index (χ3v) is 2.52. The topological polar surface area (TPSA) is 63.3 Å². The van der Waals surface area contributed by atoms with Gasteiger partial charge in [0.05, 0.1) is 10.0 Å². The van der Waals surface area contributed by atoms with Crippen molar-refractivity contribution in [2.45, 2.75) is 6.04 Å². The Morgan fingerprint density at radius 1 is 1.12 bits per heavy atom. The normalized spacial score (nSPS) is 12.6. The van der Waals surface area contributed by atoms with E-state index in [1.54, 1.807) is 0 Å². The largest absolute Gasteiger partial charge is 0.480 e. The molecule has 0 fully saturated rings. The van der Waals surface area contributed by atoms with E-state index in [1.807, 2.05) is 0 Å². The number of rotatable bonds is 2. The molecule has 1 rings (SSSR count). The van der Waals surface area contributed by atoms with Crippen LogP contribution in [0.25, 0.3) is 0 Å². The number of halogens is 5. The maximum atomic E-state index is 13.3. The van der Waals surface area contributed by atoms with Crippen molar-refractivity contribution in [3.63, 3.8) is 0 Å². The van der Waals surface area contributed by atoms with E-state index in [2.05, 4.69) is 15.9 Å². The number of hydrogen-bond acceptors (Lipinski definition) is 2. The average Bonchev–Trinajstić information content (AvgIpc) is 2.23. The monoisotopic (exact) mass is 301 g/mol. The summed E-state index contributed by atoms with van der Waals surface area (Å²) in [6.07, 6.45) is 0. The van der Waals surface area contributed by atoms with Crippen molar-refractivity contribution in [3.8, 4) is 0 Å². The van der Waals surface area contributed by atoms with Crippen molar-refractivity contribution in [2.75, 3.05) is 0 Å². The van der Waals surface area contributed by atoms with Gasteiger partial charge in [0, 0.05) is 0 Å². The summed E-state index contributed by atoms with van der Waals surface area (Å²) in [5.41, 5.74) is 3.70. The lowest BCUT2D eigenvalue weighted by atomic mass is 10.1. The van der Waals surface area contributed by atoms with Crippen LogP contribution in [0, 0.1) is 23.3 Å². The number of aliphatic carboxylic acids is 1. The molecule has 0 aliphatic carbocycles. The molecule has 1 aromatic rings. The van der Waals surface area contributed by atoms with Crippen LogP contribution in [0.5, 0.6) is 0 Å². The van der Waals surface area contributed by atoms with E-state index >= 15 is 0 Å². The van der Waals surface area contributed by atoms with Gasteiger partial charge in [-0.15, -0.1) is 0 Å². The number of carboxylic acids is 1. The zero-order valence-corrected chi connectivity index (χ0v) is 8.99. The molecule has 0 aromatic heterocycles. The van der Waals surface area contributed by atoms with E-state index in [-0.39, 0.29) is 0 Å². The molecule has 1 aromatic carbocycles. The highest BCUT2D eigenvalue weighted by Crippen LogP contribution is 2.31. The van der Waals surface area contributed by atoms with Gasteiger partial charge in [-0.05, 0) is 15.9 Å². The third kappa shape index (κ3) is 1.90. The predicted molar refractivity (Wildman–Crippen MR) is 48.5 cm³/mol. The molecule has 0 spiro atoms. The van der Waals surface area contributed by atoms with Gasteiger partial charge >= 0.3 is 5.97 Å². The van der Waals surface area contributed by atoms with Crippen LogP contribution in [0.2, 0.25) is 0 Å². The number of hydrogen-bond donors (Lipinski definition) is 2. The Labute approximate surface area is 95.0 Å². The Balaban J connectivity index is 3.57. The highest BCUT2D eigenvalue weighted by atomic mass is 79.9. The molecule has 0 saturated heterocycles. The van der Waals surface area contributed by atoms with Crippen molar-refractivity contribution in [3.05, 3.63) is 33.3 Å². The molecule has 3 N–H and O–H groups in total. The molecular formula is C8H4BrF4NO2. The molecule has 0 saturated carbocycles. The van der Waals surface area contributed by atoms with Gasteiger partial charge < -0.3 is 10.8 Å². The molecule has 0 amide bonds. The van der Waals surface area contributed by atoms with Crippen LogP contribution in [-0.2, 0) is 4.79 Å². The lowest BCUT2D eigenvalue weighted by molar-refractivity contribution is -0.138. The SMILES string of the molecule is N[C@H](C(=O)O)c1c(F)c(F)c(F)c(Br)c1F. The summed E-state index contributed by atoms with van der Waals surface area (Å²) >= 11 is 2.33. The van der Waals surface area contributed by atoms with Gasteiger partial charge in [-0.25, -0.2) is 17.6 Å². The van der Waals surface area contributed by atoms with Crippen LogP contribution in [0.3, 0.4) is 0 Å². The maximum Gasteiger partial charge on any atom is 0.325 e. The summed E-state index contributed by atoms with van der Waals surface area (Å²) in [6.45, 7) is 0. The molecule has 3 nitrogen and oxygen atoms in total. The smallest absolute Gasteiger partial charge is 0.325 e. The van der Waals surface area contributed by atoms with Crippen LogP contribution >= 0.6 is 15.9 Å². The summed E-state index contributed by atoms with van der Waals surface area (Å²) in [5, 5.41) is 8.45. The number of benzene rings is 1. The fraction of sp³-hybridized carbons (Fsp3) is 0.125. The zero-order valence-electron chi connectivity index (χ0n) is 7.40. The van der Waals surface area contributed by atoms with E-state index < -0.39 is 45.3 Å². The number of carbonyl (C=O) groups is 1. The van der Waals surface area contributed by atoms with Crippen LogP contribution in [-0.4, -0.2) is 11.1 Å². The number of carboxylic acid groups (broad SMARTS) is 1. The molecule has 0 bridgehead atoms. The van der Waals surface area contributed by atoms with Gasteiger partial charge in [0.25, 0.3) is 0 Å². The van der Waals surface area contributed by atoms with Gasteiger partial charge in [0.1, 0.15) is 11.9 Å². The first-order valence-corrected chi connectivity index (χ1v) is 4.58. The van der Waals surface area contributed by atoms with Crippen molar-refractivity contribution in [2.24, 2.45) is 5.73 Å². The first kappa shape index (κ1) is 12.9. The summed E-state index contributed by atoms with van der Waals surface area (Å²) in [4.78, 5) is 10.4. The predicted octanol–water partition coefficient (Wildman–Crippen LogP) is 2.09. The van der Waals surface area contributed by atoms with Gasteiger partial charge in [0.2, 0.25) is 0 Å². The minimum Gasteiger partial charge on any atom is -0.480 e. The average molecular weight is 302 g/mol. The van der Waals surface area contributed by atoms with Crippen molar-refractivity contribution in [1.29, 1.82) is 0 Å². The van der Waals surface area contributed by atoms with Gasteiger partial charge in [-0.3, -0.25) is 4.79 Å². The lowest BCUT2D eigenvalue weighted by Gasteiger charge is -2.11. The Hall–Kier alpha value is -1.15. The Morgan fingerprint density at radius 2 is 1.62 bits per heavy atom. The maximum absolute atomic E-state index is 13.3. The molecule has 1 atom stereocenters. The summed E-state index contributed by atoms with van der Waals surface area (Å²) < 4.78 is 51.0. The van der Waals surface area contributed by atoms with Crippen LogP contribution < -0.4 is 5.73 Å². The standard InChI is InChI=1S/C8H4BrF4NO2/c9-2-3(10)1(7(14)8(15)16)4(11)6(13)5(2)12/h7H,14H2,(H,15,16)/t7-/m0/s1. The highest BCUT2D eigenvalue weighted by molar-refractivity contribution is 9.10.